The van der Waals surface area contributed by atoms with Crippen LogP contribution >= 0.6 is 0 Å². The molecule has 4 N–H and O–H groups in total. The summed E-state index contributed by atoms with van der Waals surface area (Å²) in [5, 5.41) is 23.0. The largest absolute Gasteiger partial charge is 0.494 e. The van der Waals surface area contributed by atoms with Gasteiger partial charge in [-0.3, -0.25) is 4.79 Å². The Morgan fingerprint density at radius 2 is 2.10 bits per heavy atom. The molecule has 2 amide bonds. The molecule has 0 saturated heterocycles. The van der Waals surface area contributed by atoms with Crippen LogP contribution in [0.15, 0.2) is 18.2 Å². The topological polar surface area (TPSA) is 108 Å². The van der Waals surface area contributed by atoms with Gasteiger partial charge < -0.3 is 25.6 Å². The third-order valence-corrected chi connectivity index (χ3v) is 2.57. The van der Waals surface area contributed by atoms with Crippen LogP contribution in [0.2, 0.25) is 0 Å². The lowest BCUT2D eigenvalue weighted by Gasteiger charge is -2.21. The molecule has 21 heavy (non-hydrogen) atoms. The predicted octanol–water partition coefficient (Wildman–Crippen LogP) is 1.18. The van der Waals surface area contributed by atoms with Crippen molar-refractivity contribution in [2.24, 2.45) is 0 Å². The van der Waals surface area contributed by atoms with E-state index in [-0.39, 0.29) is 18.0 Å². The summed E-state index contributed by atoms with van der Waals surface area (Å²) in [5.74, 6) is -1.77. The first kappa shape index (κ1) is 16.7. The molecule has 1 aromatic rings. The van der Waals surface area contributed by atoms with Crippen molar-refractivity contribution < 1.29 is 28.9 Å². The second-order valence-electron chi connectivity index (χ2n) is 4.72. The first-order valence-electron chi connectivity index (χ1n) is 6.06. The van der Waals surface area contributed by atoms with Crippen LogP contribution in [-0.4, -0.2) is 41.5 Å². The molecule has 0 fully saturated rings. The van der Waals surface area contributed by atoms with E-state index in [1.54, 1.807) is 0 Å². The highest BCUT2D eigenvalue weighted by atomic mass is 19.1. The molecule has 7 nitrogen and oxygen atoms in total. The average Bonchev–Trinajstić information content (AvgIpc) is 2.35. The Hall–Kier alpha value is -2.35. The number of benzene rings is 1. The van der Waals surface area contributed by atoms with Gasteiger partial charge in [-0.2, -0.15) is 0 Å². The fourth-order valence-electron chi connectivity index (χ4n) is 1.58. The highest BCUT2D eigenvalue weighted by molar-refractivity contribution is 5.89. The molecule has 0 spiro atoms. The van der Waals surface area contributed by atoms with Gasteiger partial charge in [-0.25, -0.2) is 9.18 Å². The number of urea groups is 1. The second-order valence-corrected chi connectivity index (χ2v) is 4.72. The predicted molar refractivity (Wildman–Crippen MR) is 72.9 cm³/mol. The number of amides is 2. The van der Waals surface area contributed by atoms with E-state index in [0.717, 1.165) is 6.07 Å². The van der Waals surface area contributed by atoms with Crippen molar-refractivity contribution in [1.82, 2.24) is 5.32 Å². The molecule has 116 valence electrons. The fourth-order valence-corrected chi connectivity index (χ4v) is 1.58. The van der Waals surface area contributed by atoms with Crippen molar-refractivity contribution >= 4 is 17.7 Å². The number of aliphatic carboxylic acids is 1. The highest BCUT2D eigenvalue weighted by Gasteiger charge is 2.24. The standard InChI is InChI=1S/C13H17FN2O5/c1-13(20,6-11(17)18)7-15-12(19)16-8-3-4-10(21-2)9(14)5-8/h3-5,20H,6-7H2,1-2H3,(H,17,18)(H2,15,16,19). The molecule has 0 saturated carbocycles. The molecule has 0 radical (unpaired) electrons. The summed E-state index contributed by atoms with van der Waals surface area (Å²) in [6, 6.07) is 3.18. The Balaban J connectivity index is 2.54. The lowest BCUT2D eigenvalue weighted by molar-refractivity contribution is -0.141. The highest BCUT2D eigenvalue weighted by Crippen LogP contribution is 2.20. The maximum atomic E-state index is 13.4. The number of hydrogen-bond donors (Lipinski definition) is 4. The van der Waals surface area contributed by atoms with Gasteiger partial charge in [-0.05, 0) is 19.1 Å². The average molecular weight is 300 g/mol. The van der Waals surface area contributed by atoms with E-state index < -0.39 is 29.8 Å². The summed E-state index contributed by atoms with van der Waals surface area (Å²) in [6.45, 7) is 1.03. The molecule has 1 atom stereocenters. The van der Waals surface area contributed by atoms with Gasteiger partial charge in [0.1, 0.15) is 0 Å². The molecule has 0 bridgehead atoms. The summed E-state index contributed by atoms with van der Waals surface area (Å²) in [5.41, 5.74) is -1.38. The van der Waals surface area contributed by atoms with E-state index in [4.69, 9.17) is 9.84 Å². The maximum Gasteiger partial charge on any atom is 0.319 e. The molecule has 0 aliphatic rings. The molecular formula is C13H17FN2O5. The van der Waals surface area contributed by atoms with E-state index in [1.807, 2.05) is 0 Å². The smallest absolute Gasteiger partial charge is 0.319 e. The van der Waals surface area contributed by atoms with Gasteiger partial charge in [-0.15, -0.1) is 0 Å². The van der Waals surface area contributed by atoms with Crippen LogP contribution < -0.4 is 15.4 Å². The molecule has 1 unspecified atom stereocenters. The van der Waals surface area contributed by atoms with Gasteiger partial charge in [0.15, 0.2) is 11.6 Å². The van der Waals surface area contributed by atoms with Crippen LogP contribution in [0.5, 0.6) is 5.75 Å². The molecule has 0 aromatic heterocycles. The summed E-state index contributed by atoms with van der Waals surface area (Å²) in [4.78, 5) is 22.1. The Morgan fingerprint density at radius 1 is 1.43 bits per heavy atom. The number of carboxylic acids is 1. The zero-order chi connectivity index (χ0) is 16.0. The third kappa shape index (κ3) is 5.65. The normalized spacial score (nSPS) is 13.1. The molecule has 0 heterocycles. The van der Waals surface area contributed by atoms with Crippen LogP contribution in [0.3, 0.4) is 0 Å². The Kier molecular flexibility index (Phi) is 5.48. The minimum Gasteiger partial charge on any atom is -0.494 e. The minimum atomic E-state index is -1.58. The van der Waals surface area contributed by atoms with Gasteiger partial charge in [0.05, 0.1) is 19.1 Å². The van der Waals surface area contributed by atoms with Gasteiger partial charge >= 0.3 is 12.0 Å². The van der Waals surface area contributed by atoms with Crippen LogP contribution in [-0.2, 0) is 4.79 Å². The molecule has 1 rings (SSSR count). The zero-order valence-electron chi connectivity index (χ0n) is 11.6. The van der Waals surface area contributed by atoms with E-state index in [2.05, 4.69) is 10.6 Å². The lowest BCUT2D eigenvalue weighted by Crippen LogP contribution is -2.43. The van der Waals surface area contributed by atoms with Gasteiger partial charge in [-0.1, -0.05) is 0 Å². The first-order chi connectivity index (χ1) is 9.73. The van der Waals surface area contributed by atoms with Crippen molar-refractivity contribution in [1.29, 1.82) is 0 Å². The van der Waals surface area contributed by atoms with Crippen molar-refractivity contribution in [2.45, 2.75) is 18.9 Å². The lowest BCUT2D eigenvalue weighted by atomic mass is 10.0. The van der Waals surface area contributed by atoms with Gasteiger partial charge in [0.2, 0.25) is 0 Å². The summed E-state index contributed by atoms with van der Waals surface area (Å²) >= 11 is 0. The third-order valence-electron chi connectivity index (χ3n) is 2.57. The second kappa shape index (κ2) is 6.89. The fraction of sp³-hybridized carbons (Fsp3) is 0.385. The number of methoxy groups -OCH3 is 1. The van der Waals surface area contributed by atoms with E-state index in [0.29, 0.717) is 0 Å². The maximum absolute atomic E-state index is 13.4. The SMILES string of the molecule is COc1ccc(NC(=O)NCC(C)(O)CC(=O)O)cc1F. The number of aliphatic hydroxyl groups is 1. The van der Waals surface area contributed by atoms with E-state index in [1.165, 1.54) is 26.2 Å². The molecule has 1 aromatic carbocycles. The van der Waals surface area contributed by atoms with Crippen LogP contribution in [0.1, 0.15) is 13.3 Å². The minimum absolute atomic E-state index is 0.0466. The Labute approximate surface area is 120 Å². The number of anilines is 1. The number of carbonyl (C=O) groups is 2. The first-order valence-corrected chi connectivity index (χ1v) is 6.06. The van der Waals surface area contributed by atoms with Crippen molar-refractivity contribution in [3.05, 3.63) is 24.0 Å². The summed E-state index contributed by atoms with van der Waals surface area (Å²) in [7, 11) is 1.32. The van der Waals surface area contributed by atoms with Crippen molar-refractivity contribution in [3.8, 4) is 5.75 Å². The number of rotatable bonds is 6. The number of carboxylic acid groups (broad SMARTS) is 1. The van der Waals surface area contributed by atoms with Gasteiger partial charge in [0.25, 0.3) is 0 Å². The van der Waals surface area contributed by atoms with E-state index >= 15 is 0 Å². The van der Waals surface area contributed by atoms with Gasteiger partial charge in [0, 0.05) is 18.3 Å². The summed E-state index contributed by atoms with van der Waals surface area (Å²) in [6.07, 6.45) is -0.509. The zero-order valence-corrected chi connectivity index (χ0v) is 11.6. The number of carbonyl (C=O) groups excluding carboxylic acids is 1. The number of hydrogen-bond acceptors (Lipinski definition) is 4. The molecule has 0 aliphatic carbocycles. The Bertz CT molecular complexity index is 533. The number of nitrogens with one attached hydrogen (secondary N) is 2. The summed E-state index contributed by atoms with van der Waals surface area (Å²) < 4.78 is 18.2. The van der Waals surface area contributed by atoms with Crippen LogP contribution in [0, 0.1) is 5.82 Å². The van der Waals surface area contributed by atoms with E-state index in [9.17, 15) is 19.1 Å². The van der Waals surface area contributed by atoms with Crippen LogP contribution in [0.25, 0.3) is 0 Å². The molecule has 8 heteroatoms. The molecular weight excluding hydrogens is 283 g/mol. The monoisotopic (exact) mass is 300 g/mol. The van der Waals surface area contributed by atoms with Crippen molar-refractivity contribution in [3.63, 3.8) is 0 Å². The quantitative estimate of drug-likeness (QED) is 0.631. The Morgan fingerprint density at radius 3 is 2.62 bits per heavy atom. The number of halogens is 1. The molecule has 0 aliphatic heterocycles. The van der Waals surface area contributed by atoms with Crippen LogP contribution in [0.4, 0.5) is 14.9 Å². The van der Waals surface area contributed by atoms with Crippen molar-refractivity contribution in [2.75, 3.05) is 19.0 Å². The number of ether oxygens (including phenoxy) is 1.